The van der Waals surface area contributed by atoms with Gasteiger partial charge in [0.2, 0.25) is 0 Å². The lowest BCUT2D eigenvalue weighted by molar-refractivity contribution is -0.122. The first-order valence-corrected chi connectivity index (χ1v) is 10.7. The van der Waals surface area contributed by atoms with Crippen molar-refractivity contribution in [3.05, 3.63) is 57.5 Å². The van der Waals surface area contributed by atoms with Gasteiger partial charge in [0.1, 0.15) is 0 Å². The number of aryl methyl sites for hydroxylation is 1. The Balaban J connectivity index is 1.98. The highest BCUT2D eigenvalue weighted by atomic mass is 35.5. The first-order valence-electron chi connectivity index (χ1n) is 9.51. The van der Waals surface area contributed by atoms with E-state index in [-0.39, 0.29) is 16.7 Å². The lowest BCUT2D eigenvalue weighted by Crippen LogP contribution is -2.28. The van der Waals surface area contributed by atoms with Gasteiger partial charge < -0.3 is 9.84 Å². The number of aliphatic imine (C=N–C) groups is 1. The Morgan fingerprint density at radius 3 is 2.69 bits per heavy atom. The smallest absolute Gasteiger partial charge is 0.266 e. The number of likely N-dealkylation sites (N-methyl/N-ethyl adjacent to an activating group) is 1. The van der Waals surface area contributed by atoms with Crippen LogP contribution in [-0.2, 0) is 11.2 Å². The molecule has 2 aromatic carbocycles. The normalized spacial score (nSPS) is 16.8. The summed E-state index contributed by atoms with van der Waals surface area (Å²) < 4.78 is 5.43. The lowest BCUT2D eigenvalue weighted by Gasteiger charge is -2.13. The lowest BCUT2D eigenvalue weighted by atomic mass is 10.1. The summed E-state index contributed by atoms with van der Waals surface area (Å²) in [4.78, 5) is 19.9. The number of carbonyl (C=O) groups excluding carboxylic acids is 1. The van der Waals surface area contributed by atoms with Crippen LogP contribution in [0.25, 0.3) is 6.08 Å². The van der Waals surface area contributed by atoms with Gasteiger partial charge in [0, 0.05) is 6.54 Å². The van der Waals surface area contributed by atoms with Crippen LogP contribution in [0, 0.1) is 0 Å². The Labute approximate surface area is 180 Å². The minimum absolute atomic E-state index is 0.102. The van der Waals surface area contributed by atoms with E-state index in [2.05, 4.69) is 6.92 Å². The fourth-order valence-corrected chi connectivity index (χ4v) is 4.26. The van der Waals surface area contributed by atoms with Gasteiger partial charge in [-0.3, -0.25) is 9.69 Å². The van der Waals surface area contributed by atoms with Crippen molar-refractivity contribution in [2.24, 2.45) is 4.99 Å². The van der Waals surface area contributed by atoms with E-state index in [1.807, 2.05) is 38.1 Å². The molecule has 152 valence electrons. The molecule has 1 fully saturated rings. The molecule has 0 atom stereocenters. The van der Waals surface area contributed by atoms with Crippen LogP contribution < -0.4 is 4.74 Å². The van der Waals surface area contributed by atoms with Crippen molar-refractivity contribution in [2.75, 3.05) is 13.2 Å². The van der Waals surface area contributed by atoms with Gasteiger partial charge in [0.25, 0.3) is 5.91 Å². The molecule has 1 saturated heterocycles. The summed E-state index contributed by atoms with van der Waals surface area (Å²) >= 11 is 7.45. The summed E-state index contributed by atoms with van der Waals surface area (Å²) in [5, 5.41) is 10.9. The molecule has 0 unspecified atom stereocenters. The minimum atomic E-state index is -0.104. The highest BCUT2D eigenvalue weighted by Gasteiger charge is 2.32. The number of ether oxygens (including phenoxy) is 1. The molecule has 0 spiro atoms. The molecular formula is C22H23ClN2O3S. The van der Waals surface area contributed by atoms with E-state index in [9.17, 15) is 9.90 Å². The molecule has 5 nitrogen and oxygen atoms in total. The number of phenolic OH excluding ortho intramolecular Hbond substituents is 1. The zero-order valence-electron chi connectivity index (χ0n) is 16.6. The van der Waals surface area contributed by atoms with Gasteiger partial charge in [-0.15, -0.1) is 0 Å². The molecule has 1 amide bonds. The van der Waals surface area contributed by atoms with E-state index in [4.69, 9.17) is 21.3 Å². The van der Waals surface area contributed by atoms with Crippen molar-refractivity contribution < 1.29 is 14.6 Å². The van der Waals surface area contributed by atoms with Crippen LogP contribution in [0.5, 0.6) is 11.5 Å². The molecule has 1 aliphatic heterocycles. The zero-order valence-corrected chi connectivity index (χ0v) is 18.2. The first-order chi connectivity index (χ1) is 14.0. The van der Waals surface area contributed by atoms with Crippen molar-refractivity contribution >= 4 is 46.2 Å². The monoisotopic (exact) mass is 430 g/mol. The number of nitrogens with zero attached hydrogens (tertiary/aromatic N) is 2. The van der Waals surface area contributed by atoms with Crippen LogP contribution >= 0.6 is 23.4 Å². The van der Waals surface area contributed by atoms with E-state index < -0.39 is 0 Å². The third-order valence-electron chi connectivity index (χ3n) is 4.44. The molecule has 0 aromatic heterocycles. The molecule has 29 heavy (non-hydrogen) atoms. The van der Waals surface area contributed by atoms with E-state index >= 15 is 0 Å². The van der Waals surface area contributed by atoms with Crippen molar-refractivity contribution in [1.82, 2.24) is 4.90 Å². The number of halogens is 1. The summed E-state index contributed by atoms with van der Waals surface area (Å²) in [5.74, 6) is 0.0856. The van der Waals surface area contributed by atoms with E-state index in [1.54, 1.807) is 23.1 Å². The molecule has 2 aromatic rings. The largest absolute Gasteiger partial charge is 0.503 e. The van der Waals surface area contributed by atoms with E-state index in [0.29, 0.717) is 34.5 Å². The molecular weight excluding hydrogens is 408 g/mol. The highest BCUT2D eigenvalue weighted by Crippen LogP contribution is 2.38. The standard InChI is InChI=1S/C22H23ClN2O3S/c1-4-15-9-7-8-10-17(15)24-22-25(5-2)21(27)19(29-22)13-14-11-16(23)20(26)18(12-14)28-6-3/h7-13,26H,4-6H2,1-3H3/b19-13+,24-22?. The van der Waals surface area contributed by atoms with Gasteiger partial charge in [0.15, 0.2) is 16.7 Å². The second kappa shape index (κ2) is 9.37. The average molecular weight is 431 g/mol. The maximum atomic E-state index is 12.9. The molecule has 3 rings (SSSR count). The number of hydrogen-bond acceptors (Lipinski definition) is 5. The SMILES string of the molecule is CCOc1cc(/C=C2/SC(=Nc3ccccc3CC)N(CC)C2=O)cc(Cl)c1O. The molecule has 7 heteroatoms. The molecule has 1 N–H and O–H groups in total. The summed E-state index contributed by atoms with van der Waals surface area (Å²) in [6.45, 7) is 6.75. The number of phenols is 1. The first kappa shape index (κ1) is 21.3. The predicted octanol–water partition coefficient (Wildman–Crippen LogP) is 5.63. The molecule has 0 saturated carbocycles. The maximum absolute atomic E-state index is 12.9. The maximum Gasteiger partial charge on any atom is 0.266 e. The number of thioether (sulfide) groups is 1. The van der Waals surface area contributed by atoms with Crippen LogP contribution in [0.3, 0.4) is 0 Å². The summed E-state index contributed by atoms with van der Waals surface area (Å²) in [5.41, 5.74) is 2.68. The number of amides is 1. The average Bonchev–Trinajstić information content (AvgIpc) is 3.00. The van der Waals surface area contributed by atoms with Crippen molar-refractivity contribution in [3.8, 4) is 11.5 Å². The number of benzene rings is 2. The van der Waals surface area contributed by atoms with Crippen molar-refractivity contribution in [1.29, 1.82) is 0 Å². The number of aromatic hydroxyl groups is 1. The zero-order chi connectivity index (χ0) is 21.0. The molecule has 1 aliphatic rings. The van der Waals surface area contributed by atoms with Crippen LogP contribution in [0.4, 0.5) is 5.69 Å². The fourth-order valence-electron chi connectivity index (χ4n) is 2.99. The molecule has 1 heterocycles. The van der Waals surface area contributed by atoms with Gasteiger partial charge >= 0.3 is 0 Å². The molecule has 0 bridgehead atoms. The van der Waals surface area contributed by atoms with Gasteiger partial charge in [-0.25, -0.2) is 4.99 Å². The Bertz CT molecular complexity index is 988. The van der Waals surface area contributed by atoms with E-state index in [1.165, 1.54) is 11.8 Å². The third-order valence-corrected chi connectivity index (χ3v) is 5.74. The van der Waals surface area contributed by atoms with Crippen LogP contribution in [0.1, 0.15) is 31.9 Å². The Morgan fingerprint density at radius 1 is 1.24 bits per heavy atom. The quantitative estimate of drug-likeness (QED) is 0.603. The minimum Gasteiger partial charge on any atom is -0.503 e. The number of para-hydroxylation sites is 1. The number of carbonyl (C=O) groups is 1. The summed E-state index contributed by atoms with van der Waals surface area (Å²) in [6.07, 6.45) is 2.62. The number of rotatable bonds is 6. The summed E-state index contributed by atoms with van der Waals surface area (Å²) in [7, 11) is 0. The molecule has 0 aliphatic carbocycles. The third kappa shape index (κ3) is 4.60. The highest BCUT2D eigenvalue weighted by molar-refractivity contribution is 8.18. The van der Waals surface area contributed by atoms with Gasteiger partial charge in [-0.2, -0.15) is 0 Å². The van der Waals surface area contributed by atoms with Crippen molar-refractivity contribution in [3.63, 3.8) is 0 Å². The van der Waals surface area contributed by atoms with Gasteiger partial charge in [-0.1, -0.05) is 36.7 Å². The van der Waals surface area contributed by atoms with E-state index in [0.717, 1.165) is 17.7 Å². The van der Waals surface area contributed by atoms with Crippen molar-refractivity contribution in [2.45, 2.75) is 27.2 Å². The van der Waals surface area contributed by atoms with Crippen LogP contribution in [0.2, 0.25) is 5.02 Å². The Morgan fingerprint density at radius 2 is 2.00 bits per heavy atom. The number of hydrogen-bond donors (Lipinski definition) is 1. The van der Waals surface area contributed by atoms with Gasteiger partial charge in [-0.05, 0) is 67.4 Å². The van der Waals surface area contributed by atoms with Gasteiger partial charge in [0.05, 0.1) is 22.2 Å². The second-order valence-electron chi connectivity index (χ2n) is 6.32. The number of amidine groups is 1. The Kier molecular flexibility index (Phi) is 6.87. The fraction of sp³-hybridized carbons (Fsp3) is 0.273. The predicted molar refractivity (Wildman–Crippen MR) is 120 cm³/mol. The molecule has 0 radical (unpaired) electrons. The van der Waals surface area contributed by atoms with Crippen LogP contribution in [0.15, 0.2) is 46.3 Å². The Hall–Kier alpha value is -2.44. The van der Waals surface area contributed by atoms with Crippen LogP contribution in [-0.4, -0.2) is 34.2 Å². The summed E-state index contributed by atoms with van der Waals surface area (Å²) in [6, 6.07) is 11.2. The second-order valence-corrected chi connectivity index (χ2v) is 7.74. The topological polar surface area (TPSA) is 62.1 Å².